The lowest BCUT2D eigenvalue weighted by Crippen LogP contribution is -2.40. The van der Waals surface area contributed by atoms with Gasteiger partial charge in [-0.25, -0.2) is 22.5 Å². The highest BCUT2D eigenvalue weighted by Gasteiger charge is 2.19. The van der Waals surface area contributed by atoms with Crippen molar-refractivity contribution in [3.05, 3.63) is 92.2 Å². The molecule has 4 aromatic rings. The number of fused-ring (bicyclic) bond motifs is 1. The van der Waals surface area contributed by atoms with E-state index in [2.05, 4.69) is 5.32 Å². The van der Waals surface area contributed by atoms with E-state index in [1.54, 1.807) is 5.38 Å². The molecular formula is C20H12F3N3O3S. The third kappa shape index (κ3) is 3.41. The number of hydrogen-bond acceptors (Lipinski definition) is 4. The van der Waals surface area contributed by atoms with Crippen LogP contribution in [0.5, 0.6) is 0 Å². The molecule has 2 aromatic carbocycles. The fraction of sp³-hybridized carbons (Fsp3) is 0.0500. The average molecular weight is 431 g/mol. The molecule has 0 saturated carbocycles. The number of para-hydroxylation sites is 1. The van der Waals surface area contributed by atoms with Crippen LogP contribution < -0.4 is 16.6 Å². The minimum atomic E-state index is -0.979. The minimum Gasteiger partial charge on any atom is -0.322 e. The Bertz CT molecular complexity index is 1410. The SMILES string of the molecule is O=C(Cn1c(=O)n(-c2ccccc2F)c(=O)c2sccc21)Nc1ccc(F)cc1F. The molecule has 6 nitrogen and oxygen atoms in total. The fourth-order valence-corrected chi connectivity index (χ4v) is 3.83. The Kier molecular flexibility index (Phi) is 5.00. The van der Waals surface area contributed by atoms with E-state index in [0.717, 1.165) is 34.1 Å². The summed E-state index contributed by atoms with van der Waals surface area (Å²) in [6.45, 7) is -0.572. The van der Waals surface area contributed by atoms with Crippen LogP contribution in [-0.2, 0) is 11.3 Å². The third-order valence-electron chi connectivity index (χ3n) is 4.36. The summed E-state index contributed by atoms with van der Waals surface area (Å²) in [7, 11) is 0. The summed E-state index contributed by atoms with van der Waals surface area (Å²) >= 11 is 1.04. The number of amides is 1. The number of rotatable bonds is 4. The summed E-state index contributed by atoms with van der Waals surface area (Å²) in [6, 6.07) is 9.38. The molecule has 0 aliphatic rings. The lowest BCUT2D eigenvalue weighted by molar-refractivity contribution is -0.116. The smallest absolute Gasteiger partial charge is 0.322 e. The van der Waals surface area contributed by atoms with E-state index in [9.17, 15) is 27.6 Å². The summed E-state index contributed by atoms with van der Waals surface area (Å²) in [5.41, 5.74) is -1.96. The van der Waals surface area contributed by atoms with Gasteiger partial charge < -0.3 is 5.32 Å². The molecule has 0 radical (unpaired) electrons. The van der Waals surface area contributed by atoms with Crippen LogP contribution in [0, 0.1) is 17.5 Å². The van der Waals surface area contributed by atoms with Gasteiger partial charge in [0.1, 0.15) is 28.7 Å². The van der Waals surface area contributed by atoms with Gasteiger partial charge in [0.15, 0.2) is 0 Å². The number of carbonyl (C=O) groups is 1. The van der Waals surface area contributed by atoms with Gasteiger partial charge in [-0.1, -0.05) is 12.1 Å². The molecule has 0 aliphatic heterocycles. The zero-order valence-electron chi connectivity index (χ0n) is 15.1. The standard InChI is InChI=1S/C20H12F3N3O3S/c21-11-5-6-14(13(23)9-11)24-17(27)10-25-16-7-8-30-18(16)19(28)26(20(25)29)15-4-2-1-3-12(15)22/h1-9H,10H2,(H,24,27). The summed E-state index contributed by atoms with van der Waals surface area (Å²) in [5, 5.41) is 3.82. The molecule has 0 bridgehead atoms. The van der Waals surface area contributed by atoms with Crippen LogP contribution in [0.2, 0.25) is 0 Å². The summed E-state index contributed by atoms with van der Waals surface area (Å²) < 4.78 is 42.9. The van der Waals surface area contributed by atoms with Gasteiger partial charge in [-0.2, -0.15) is 0 Å². The largest absolute Gasteiger partial charge is 0.336 e. The van der Waals surface area contributed by atoms with Crippen LogP contribution in [0.1, 0.15) is 0 Å². The first kappa shape index (κ1) is 19.6. The maximum absolute atomic E-state index is 14.3. The quantitative estimate of drug-likeness (QED) is 0.539. The van der Waals surface area contributed by atoms with E-state index in [-0.39, 0.29) is 21.6 Å². The van der Waals surface area contributed by atoms with E-state index in [1.165, 1.54) is 24.3 Å². The molecular weight excluding hydrogens is 419 g/mol. The Morgan fingerprint density at radius 3 is 2.50 bits per heavy atom. The van der Waals surface area contributed by atoms with Gasteiger partial charge in [-0.15, -0.1) is 11.3 Å². The van der Waals surface area contributed by atoms with Gasteiger partial charge in [0, 0.05) is 6.07 Å². The monoisotopic (exact) mass is 431 g/mol. The number of aromatic nitrogens is 2. The molecule has 30 heavy (non-hydrogen) atoms. The number of carbonyl (C=O) groups excluding carboxylic acids is 1. The normalized spacial score (nSPS) is 11.0. The van der Waals surface area contributed by atoms with E-state index >= 15 is 0 Å². The third-order valence-corrected chi connectivity index (χ3v) is 5.25. The molecule has 0 atom stereocenters. The predicted octanol–water partition coefficient (Wildman–Crippen LogP) is 3.27. The van der Waals surface area contributed by atoms with Crippen LogP contribution >= 0.6 is 11.3 Å². The molecule has 152 valence electrons. The average Bonchev–Trinajstić information content (AvgIpc) is 3.19. The Morgan fingerprint density at radius 2 is 1.77 bits per heavy atom. The number of anilines is 1. The molecule has 0 aliphatic carbocycles. The first-order valence-corrected chi connectivity index (χ1v) is 9.47. The molecule has 4 rings (SSSR count). The van der Waals surface area contributed by atoms with Gasteiger partial charge in [-0.3, -0.25) is 14.2 Å². The van der Waals surface area contributed by atoms with Crippen LogP contribution in [0.4, 0.5) is 18.9 Å². The Balaban J connectivity index is 1.80. The molecule has 1 N–H and O–H groups in total. The van der Waals surface area contributed by atoms with Crippen molar-refractivity contribution in [1.82, 2.24) is 9.13 Å². The van der Waals surface area contributed by atoms with Crippen molar-refractivity contribution >= 4 is 33.1 Å². The summed E-state index contributed by atoms with van der Waals surface area (Å²) in [5.74, 6) is -3.35. The first-order chi connectivity index (χ1) is 14.4. The lowest BCUT2D eigenvalue weighted by atomic mass is 10.3. The number of nitrogens with zero attached hydrogens (tertiary/aromatic N) is 2. The second-order valence-corrected chi connectivity index (χ2v) is 7.18. The van der Waals surface area contributed by atoms with Crippen LogP contribution in [0.25, 0.3) is 15.9 Å². The number of halogens is 3. The first-order valence-electron chi connectivity index (χ1n) is 8.59. The molecule has 0 spiro atoms. The number of nitrogens with one attached hydrogen (secondary N) is 1. The van der Waals surface area contributed by atoms with Crippen molar-refractivity contribution in [1.29, 1.82) is 0 Å². The Labute approximate surface area is 170 Å². The highest BCUT2D eigenvalue weighted by Crippen LogP contribution is 2.18. The second kappa shape index (κ2) is 7.64. The molecule has 10 heteroatoms. The zero-order valence-corrected chi connectivity index (χ0v) is 15.9. The van der Waals surface area contributed by atoms with Gasteiger partial charge in [-0.05, 0) is 35.7 Å². The summed E-state index contributed by atoms with van der Waals surface area (Å²) in [4.78, 5) is 38.2. The highest BCUT2D eigenvalue weighted by atomic mass is 32.1. The minimum absolute atomic E-state index is 0.151. The van der Waals surface area contributed by atoms with E-state index in [1.807, 2.05) is 0 Å². The number of thiophene rings is 1. The van der Waals surface area contributed by atoms with E-state index in [4.69, 9.17) is 0 Å². The fourth-order valence-electron chi connectivity index (χ4n) is 3.01. The maximum Gasteiger partial charge on any atom is 0.336 e. The molecule has 2 aromatic heterocycles. The van der Waals surface area contributed by atoms with Crippen molar-refractivity contribution in [2.24, 2.45) is 0 Å². The van der Waals surface area contributed by atoms with Crippen molar-refractivity contribution in [2.45, 2.75) is 6.54 Å². The van der Waals surface area contributed by atoms with E-state index < -0.39 is 41.2 Å². The summed E-state index contributed by atoms with van der Waals surface area (Å²) in [6.07, 6.45) is 0. The Morgan fingerprint density at radius 1 is 1.00 bits per heavy atom. The Hall–Kier alpha value is -3.66. The van der Waals surface area contributed by atoms with Crippen LogP contribution in [0.3, 0.4) is 0 Å². The van der Waals surface area contributed by atoms with Crippen molar-refractivity contribution in [3.63, 3.8) is 0 Å². The molecule has 0 fully saturated rings. The molecule has 0 unspecified atom stereocenters. The topological polar surface area (TPSA) is 73.1 Å². The van der Waals surface area contributed by atoms with Crippen molar-refractivity contribution < 1.29 is 18.0 Å². The van der Waals surface area contributed by atoms with Crippen LogP contribution in [0.15, 0.2) is 63.5 Å². The van der Waals surface area contributed by atoms with Gasteiger partial charge in [0.05, 0.1) is 16.9 Å². The highest BCUT2D eigenvalue weighted by molar-refractivity contribution is 7.17. The number of hydrogen-bond donors (Lipinski definition) is 1. The molecule has 1 amide bonds. The maximum atomic E-state index is 14.3. The van der Waals surface area contributed by atoms with Crippen molar-refractivity contribution in [2.75, 3.05) is 5.32 Å². The molecule has 0 saturated heterocycles. The number of benzene rings is 2. The lowest BCUT2D eigenvalue weighted by Gasteiger charge is -2.13. The van der Waals surface area contributed by atoms with Gasteiger partial charge >= 0.3 is 5.69 Å². The molecule has 2 heterocycles. The second-order valence-electron chi connectivity index (χ2n) is 6.27. The zero-order chi connectivity index (χ0) is 21.4. The van der Waals surface area contributed by atoms with Gasteiger partial charge in [0.2, 0.25) is 5.91 Å². The predicted molar refractivity (Wildman–Crippen MR) is 107 cm³/mol. The van der Waals surface area contributed by atoms with Gasteiger partial charge in [0.25, 0.3) is 5.56 Å². The van der Waals surface area contributed by atoms with E-state index in [0.29, 0.717) is 10.6 Å². The van der Waals surface area contributed by atoms with Crippen LogP contribution in [-0.4, -0.2) is 15.0 Å². The van der Waals surface area contributed by atoms with Crippen molar-refractivity contribution in [3.8, 4) is 5.69 Å².